The minimum absolute atomic E-state index is 0.234. The summed E-state index contributed by atoms with van der Waals surface area (Å²) in [5.41, 5.74) is 0. The Morgan fingerprint density at radius 3 is 2.53 bits per heavy atom. The van der Waals surface area contributed by atoms with Gasteiger partial charge in [-0.1, -0.05) is 12.8 Å². The number of hydrogen-bond donors (Lipinski definition) is 2. The highest BCUT2D eigenvalue weighted by Crippen LogP contribution is 2.17. The van der Waals surface area contributed by atoms with Crippen molar-refractivity contribution in [1.29, 1.82) is 0 Å². The molecule has 1 atom stereocenters. The average molecular weight is 255 g/mol. The van der Waals surface area contributed by atoms with Gasteiger partial charge in [-0.15, -0.1) is 0 Å². The molecule has 17 heavy (non-hydrogen) atoms. The van der Waals surface area contributed by atoms with Gasteiger partial charge in [0.05, 0.1) is 0 Å². The summed E-state index contributed by atoms with van der Waals surface area (Å²) in [5, 5.41) is 7.45. The van der Waals surface area contributed by atoms with Crippen LogP contribution < -0.4 is 10.6 Å². The van der Waals surface area contributed by atoms with Crippen LogP contribution in [0, 0.1) is 0 Å². The van der Waals surface area contributed by atoms with Crippen LogP contribution in [-0.2, 0) is 4.79 Å². The van der Waals surface area contributed by atoms with E-state index in [1.807, 2.05) is 7.05 Å². The van der Waals surface area contributed by atoms with E-state index in [0.29, 0.717) is 18.5 Å². The van der Waals surface area contributed by atoms with Gasteiger partial charge in [-0.3, -0.25) is 4.79 Å². The van der Waals surface area contributed by atoms with Crippen LogP contribution in [0.3, 0.4) is 0 Å². The molecule has 0 spiro atoms. The largest absolute Gasteiger partial charge is 0.360 e. The van der Waals surface area contributed by atoms with Crippen molar-refractivity contribution in [2.75, 3.05) is 13.6 Å². The number of amides is 1. The van der Waals surface area contributed by atoms with E-state index in [9.17, 15) is 4.79 Å². The number of likely N-dealkylation sites (N-methyl/N-ethyl adjacent to an activating group) is 1. The standard InChI is InChI=1S/C12H21N3OS/c1-15-8-10(6-7-11(15)16)14-12(17)13-9-4-2-3-5-9/h9-10H,2-8H2,1H3,(H2,13,14,17). The zero-order valence-corrected chi connectivity index (χ0v) is 11.2. The average Bonchev–Trinajstić information content (AvgIpc) is 2.76. The first-order chi connectivity index (χ1) is 8.15. The monoisotopic (exact) mass is 255 g/mol. The molecule has 1 unspecified atom stereocenters. The van der Waals surface area contributed by atoms with Crippen molar-refractivity contribution in [1.82, 2.24) is 15.5 Å². The van der Waals surface area contributed by atoms with Crippen LogP contribution in [0.1, 0.15) is 38.5 Å². The van der Waals surface area contributed by atoms with E-state index < -0.39 is 0 Å². The van der Waals surface area contributed by atoms with Crippen LogP contribution >= 0.6 is 12.2 Å². The Kier molecular flexibility index (Phi) is 4.20. The van der Waals surface area contributed by atoms with Crippen molar-refractivity contribution in [3.8, 4) is 0 Å². The van der Waals surface area contributed by atoms with Crippen LogP contribution in [0.15, 0.2) is 0 Å². The molecule has 1 saturated carbocycles. The maximum absolute atomic E-state index is 11.4. The summed E-state index contributed by atoms with van der Waals surface area (Å²) in [6, 6.07) is 0.858. The second-order valence-corrected chi connectivity index (χ2v) is 5.52. The molecule has 0 aromatic heterocycles. The summed E-state index contributed by atoms with van der Waals surface area (Å²) in [7, 11) is 1.85. The molecule has 1 heterocycles. The Morgan fingerprint density at radius 1 is 1.24 bits per heavy atom. The molecule has 1 saturated heterocycles. The third-order valence-electron chi connectivity index (χ3n) is 3.65. The Bertz CT molecular complexity index is 302. The number of likely N-dealkylation sites (tertiary alicyclic amines) is 1. The van der Waals surface area contributed by atoms with Crippen LogP contribution in [0.4, 0.5) is 0 Å². The second kappa shape index (κ2) is 5.67. The quantitative estimate of drug-likeness (QED) is 0.723. The minimum atomic E-state index is 0.234. The van der Waals surface area contributed by atoms with Gasteiger partial charge < -0.3 is 15.5 Å². The van der Waals surface area contributed by atoms with Crippen molar-refractivity contribution in [3.05, 3.63) is 0 Å². The lowest BCUT2D eigenvalue weighted by Gasteiger charge is -2.31. The summed E-state index contributed by atoms with van der Waals surface area (Å²) in [4.78, 5) is 13.1. The minimum Gasteiger partial charge on any atom is -0.360 e. The lowest BCUT2D eigenvalue weighted by Crippen LogP contribution is -2.52. The van der Waals surface area contributed by atoms with Gasteiger partial charge >= 0.3 is 0 Å². The van der Waals surface area contributed by atoms with E-state index in [4.69, 9.17) is 12.2 Å². The highest BCUT2D eigenvalue weighted by molar-refractivity contribution is 7.80. The topological polar surface area (TPSA) is 44.4 Å². The normalized spacial score (nSPS) is 26.1. The molecule has 0 aromatic rings. The van der Waals surface area contributed by atoms with Crippen LogP contribution in [-0.4, -0.2) is 41.6 Å². The van der Waals surface area contributed by atoms with Gasteiger partial charge in [-0.05, 0) is 31.5 Å². The third-order valence-corrected chi connectivity index (χ3v) is 3.89. The smallest absolute Gasteiger partial charge is 0.222 e. The second-order valence-electron chi connectivity index (χ2n) is 5.11. The van der Waals surface area contributed by atoms with E-state index in [1.165, 1.54) is 25.7 Å². The first kappa shape index (κ1) is 12.6. The number of hydrogen-bond acceptors (Lipinski definition) is 2. The SMILES string of the molecule is CN1CC(NC(=S)NC2CCCC2)CCC1=O. The molecule has 96 valence electrons. The number of rotatable bonds is 2. The lowest BCUT2D eigenvalue weighted by molar-refractivity contribution is -0.132. The molecule has 4 nitrogen and oxygen atoms in total. The summed E-state index contributed by atoms with van der Waals surface area (Å²) >= 11 is 5.31. The third kappa shape index (κ3) is 3.56. The molecular weight excluding hydrogens is 234 g/mol. The van der Waals surface area contributed by atoms with Gasteiger partial charge in [0.15, 0.2) is 5.11 Å². The van der Waals surface area contributed by atoms with Crippen molar-refractivity contribution >= 4 is 23.2 Å². The first-order valence-corrected chi connectivity index (χ1v) is 6.87. The molecule has 0 bridgehead atoms. The molecule has 0 radical (unpaired) electrons. The zero-order valence-electron chi connectivity index (χ0n) is 10.4. The summed E-state index contributed by atoms with van der Waals surface area (Å²) < 4.78 is 0. The van der Waals surface area contributed by atoms with Crippen molar-refractivity contribution < 1.29 is 4.79 Å². The van der Waals surface area contributed by atoms with Gasteiger partial charge in [0.25, 0.3) is 0 Å². The number of nitrogens with zero attached hydrogens (tertiary/aromatic N) is 1. The van der Waals surface area contributed by atoms with Crippen LogP contribution in [0.5, 0.6) is 0 Å². The van der Waals surface area contributed by atoms with Crippen molar-refractivity contribution in [2.24, 2.45) is 0 Å². The summed E-state index contributed by atoms with van der Waals surface area (Å²) in [6.07, 6.45) is 6.58. The van der Waals surface area contributed by atoms with Gasteiger partial charge in [-0.2, -0.15) is 0 Å². The van der Waals surface area contributed by atoms with Crippen molar-refractivity contribution in [2.45, 2.75) is 50.6 Å². The molecule has 1 amide bonds. The number of piperidine rings is 1. The molecule has 2 aliphatic rings. The predicted octanol–water partition coefficient (Wildman–Crippen LogP) is 1.01. The lowest BCUT2D eigenvalue weighted by atomic mass is 10.1. The Hall–Kier alpha value is -0.840. The van der Waals surface area contributed by atoms with E-state index in [1.54, 1.807) is 4.90 Å². The van der Waals surface area contributed by atoms with Gasteiger partial charge in [-0.25, -0.2) is 0 Å². The van der Waals surface area contributed by atoms with Gasteiger partial charge in [0, 0.05) is 32.1 Å². The summed E-state index contributed by atoms with van der Waals surface area (Å²) in [5.74, 6) is 0.234. The molecule has 2 rings (SSSR count). The van der Waals surface area contributed by atoms with E-state index in [-0.39, 0.29) is 5.91 Å². The van der Waals surface area contributed by atoms with E-state index in [2.05, 4.69) is 10.6 Å². The first-order valence-electron chi connectivity index (χ1n) is 6.46. The molecule has 2 N–H and O–H groups in total. The fraction of sp³-hybridized carbons (Fsp3) is 0.833. The molecule has 5 heteroatoms. The van der Waals surface area contributed by atoms with Gasteiger partial charge in [0.2, 0.25) is 5.91 Å². The van der Waals surface area contributed by atoms with Crippen LogP contribution in [0.2, 0.25) is 0 Å². The number of carbonyl (C=O) groups excluding carboxylic acids is 1. The summed E-state index contributed by atoms with van der Waals surface area (Å²) in [6.45, 7) is 0.755. The van der Waals surface area contributed by atoms with Crippen LogP contribution in [0.25, 0.3) is 0 Å². The molecule has 1 aliphatic carbocycles. The van der Waals surface area contributed by atoms with E-state index in [0.717, 1.165) is 18.1 Å². The predicted molar refractivity (Wildman–Crippen MR) is 71.8 cm³/mol. The van der Waals surface area contributed by atoms with Gasteiger partial charge in [0.1, 0.15) is 0 Å². The zero-order chi connectivity index (χ0) is 12.3. The highest BCUT2D eigenvalue weighted by Gasteiger charge is 2.24. The highest BCUT2D eigenvalue weighted by atomic mass is 32.1. The molecule has 0 aromatic carbocycles. The maximum Gasteiger partial charge on any atom is 0.222 e. The molecular formula is C12H21N3OS. The number of carbonyl (C=O) groups is 1. The van der Waals surface area contributed by atoms with E-state index >= 15 is 0 Å². The Morgan fingerprint density at radius 2 is 1.88 bits per heavy atom. The Balaban J connectivity index is 1.72. The van der Waals surface area contributed by atoms with Crippen molar-refractivity contribution in [3.63, 3.8) is 0 Å². The fourth-order valence-electron chi connectivity index (χ4n) is 2.61. The molecule has 2 fully saturated rings. The fourth-order valence-corrected chi connectivity index (χ4v) is 2.95. The molecule has 1 aliphatic heterocycles. The number of thiocarbonyl (C=S) groups is 1. The maximum atomic E-state index is 11.4. The Labute approximate surface area is 108 Å². The number of nitrogens with one attached hydrogen (secondary N) is 2.